The third-order valence-corrected chi connectivity index (χ3v) is 5.05. The van der Waals surface area contributed by atoms with Crippen molar-refractivity contribution in [3.8, 4) is 11.5 Å². The summed E-state index contributed by atoms with van der Waals surface area (Å²) in [4.78, 5) is 19.3. The Bertz CT molecular complexity index is 773. The fourth-order valence-corrected chi connectivity index (χ4v) is 3.73. The lowest BCUT2D eigenvalue weighted by Gasteiger charge is -2.38. The average molecular weight is 341 g/mol. The van der Waals surface area contributed by atoms with Crippen LogP contribution >= 0.6 is 0 Å². The molecule has 0 radical (unpaired) electrons. The zero-order valence-corrected chi connectivity index (χ0v) is 14.6. The molecule has 3 atom stereocenters. The lowest BCUT2D eigenvalue weighted by molar-refractivity contribution is -0.146. The van der Waals surface area contributed by atoms with Crippen molar-refractivity contribution < 1.29 is 14.3 Å². The summed E-state index contributed by atoms with van der Waals surface area (Å²) in [5.74, 6) is 2.32. The van der Waals surface area contributed by atoms with Crippen LogP contribution in [0.5, 0.6) is 11.5 Å². The first-order chi connectivity index (χ1) is 12.1. The van der Waals surface area contributed by atoms with Crippen molar-refractivity contribution in [2.24, 2.45) is 0 Å². The van der Waals surface area contributed by atoms with E-state index in [4.69, 9.17) is 9.47 Å². The molecule has 1 amide bonds. The van der Waals surface area contributed by atoms with E-state index in [-0.39, 0.29) is 18.1 Å². The summed E-state index contributed by atoms with van der Waals surface area (Å²) < 4.78 is 14.0. The predicted octanol–water partition coefficient (Wildman–Crippen LogP) is 2.58. The Morgan fingerprint density at radius 1 is 1.24 bits per heavy atom. The maximum atomic E-state index is 13.1. The molecule has 132 valence electrons. The number of amides is 1. The highest BCUT2D eigenvalue weighted by Crippen LogP contribution is 2.34. The molecule has 1 fully saturated rings. The summed E-state index contributed by atoms with van der Waals surface area (Å²) in [6.07, 6.45) is 4.93. The van der Waals surface area contributed by atoms with Gasteiger partial charge in [0.05, 0.1) is 6.04 Å². The van der Waals surface area contributed by atoms with E-state index in [0.717, 1.165) is 25.2 Å². The molecular formula is C19H23N3O3. The SMILES string of the molecule is Cc1nccn1[C@@H]1CCCN(C(=O)[C@H]2Oc3ccccc3O[C@H]2C)C1. The van der Waals surface area contributed by atoms with E-state index in [1.165, 1.54) is 0 Å². The molecule has 2 aliphatic rings. The van der Waals surface area contributed by atoms with Crippen LogP contribution in [0.1, 0.15) is 31.6 Å². The van der Waals surface area contributed by atoms with Gasteiger partial charge in [0.2, 0.25) is 6.10 Å². The largest absolute Gasteiger partial charge is 0.482 e. The highest BCUT2D eigenvalue weighted by molar-refractivity contribution is 5.82. The number of imidazole rings is 1. The van der Waals surface area contributed by atoms with E-state index in [9.17, 15) is 4.79 Å². The first-order valence-corrected chi connectivity index (χ1v) is 8.84. The number of carbonyl (C=O) groups excluding carboxylic acids is 1. The van der Waals surface area contributed by atoms with Crippen molar-refractivity contribution >= 4 is 5.91 Å². The predicted molar refractivity (Wildman–Crippen MR) is 92.8 cm³/mol. The Kier molecular flexibility index (Phi) is 4.11. The number of piperidine rings is 1. The van der Waals surface area contributed by atoms with Crippen LogP contribution in [0.25, 0.3) is 0 Å². The number of hydrogen-bond donors (Lipinski definition) is 0. The highest BCUT2D eigenvalue weighted by atomic mass is 16.6. The zero-order valence-electron chi connectivity index (χ0n) is 14.6. The van der Waals surface area contributed by atoms with E-state index < -0.39 is 6.10 Å². The van der Waals surface area contributed by atoms with Gasteiger partial charge in [-0.2, -0.15) is 0 Å². The molecule has 3 heterocycles. The standard InChI is InChI=1S/C19H23N3O3/c1-13-18(25-17-8-4-3-7-16(17)24-13)19(23)21-10-5-6-15(12-21)22-11-9-20-14(22)2/h3-4,7-9,11,13,15,18H,5-6,10,12H2,1-2H3/t13-,15+,18-/m0/s1. The monoisotopic (exact) mass is 341 g/mol. The van der Waals surface area contributed by atoms with E-state index in [0.29, 0.717) is 18.0 Å². The molecule has 0 aliphatic carbocycles. The second-order valence-corrected chi connectivity index (χ2v) is 6.77. The second-order valence-electron chi connectivity index (χ2n) is 6.77. The number of aromatic nitrogens is 2. The Morgan fingerprint density at radius 3 is 2.72 bits per heavy atom. The number of likely N-dealkylation sites (tertiary alicyclic amines) is 1. The summed E-state index contributed by atoms with van der Waals surface area (Å²) in [6.45, 7) is 5.33. The molecule has 0 N–H and O–H groups in total. The van der Waals surface area contributed by atoms with E-state index in [1.807, 2.05) is 55.4 Å². The maximum Gasteiger partial charge on any atom is 0.267 e. The minimum absolute atomic E-state index is 0.00414. The number of aryl methyl sites for hydroxylation is 1. The van der Waals surface area contributed by atoms with Crippen molar-refractivity contribution in [2.75, 3.05) is 13.1 Å². The van der Waals surface area contributed by atoms with E-state index >= 15 is 0 Å². The molecule has 1 aromatic carbocycles. The molecule has 4 rings (SSSR count). The van der Waals surface area contributed by atoms with Crippen molar-refractivity contribution in [3.05, 3.63) is 42.5 Å². The summed E-state index contributed by atoms with van der Waals surface area (Å²) in [6, 6.07) is 7.77. The molecule has 1 aromatic heterocycles. The lowest BCUT2D eigenvalue weighted by atomic mass is 10.0. The molecular weight excluding hydrogens is 318 g/mol. The van der Waals surface area contributed by atoms with Crippen LogP contribution < -0.4 is 9.47 Å². The molecule has 6 heteroatoms. The van der Waals surface area contributed by atoms with Gasteiger partial charge in [-0.05, 0) is 38.8 Å². The Morgan fingerprint density at radius 2 is 2.00 bits per heavy atom. The summed E-state index contributed by atoms with van der Waals surface area (Å²) in [5, 5.41) is 0. The van der Waals surface area contributed by atoms with Crippen LogP contribution in [0, 0.1) is 6.92 Å². The average Bonchev–Trinajstić information content (AvgIpc) is 3.06. The molecule has 6 nitrogen and oxygen atoms in total. The van der Waals surface area contributed by atoms with Crippen LogP contribution in [-0.4, -0.2) is 45.7 Å². The lowest BCUT2D eigenvalue weighted by Crippen LogP contribution is -2.53. The Balaban J connectivity index is 1.50. The molecule has 25 heavy (non-hydrogen) atoms. The third kappa shape index (κ3) is 2.97. The van der Waals surface area contributed by atoms with Gasteiger partial charge in [-0.25, -0.2) is 4.98 Å². The van der Waals surface area contributed by atoms with Gasteiger partial charge in [-0.15, -0.1) is 0 Å². The highest BCUT2D eigenvalue weighted by Gasteiger charge is 2.38. The minimum atomic E-state index is -0.600. The molecule has 0 spiro atoms. The van der Waals surface area contributed by atoms with Crippen LogP contribution in [0.2, 0.25) is 0 Å². The third-order valence-electron chi connectivity index (χ3n) is 5.05. The molecule has 0 bridgehead atoms. The molecule has 2 aromatic rings. The van der Waals surface area contributed by atoms with Gasteiger partial charge in [0, 0.05) is 25.5 Å². The van der Waals surface area contributed by atoms with Gasteiger partial charge >= 0.3 is 0 Å². The molecule has 0 unspecified atom stereocenters. The van der Waals surface area contributed by atoms with Gasteiger partial charge in [-0.1, -0.05) is 12.1 Å². The van der Waals surface area contributed by atoms with Crippen LogP contribution in [0.15, 0.2) is 36.7 Å². The number of rotatable bonds is 2. The van der Waals surface area contributed by atoms with Crippen molar-refractivity contribution in [3.63, 3.8) is 0 Å². The van der Waals surface area contributed by atoms with Crippen molar-refractivity contribution in [1.29, 1.82) is 0 Å². The summed E-state index contributed by atoms with van der Waals surface area (Å²) >= 11 is 0. The molecule has 1 saturated heterocycles. The number of benzene rings is 1. The van der Waals surface area contributed by atoms with E-state index in [2.05, 4.69) is 9.55 Å². The van der Waals surface area contributed by atoms with Crippen LogP contribution in [0.4, 0.5) is 0 Å². The zero-order chi connectivity index (χ0) is 17.4. The normalized spacial score (nSPS) is 25.7. The first-order valence-electron chi connectivity index (χ1n) is 8.84. The number of hydrogen-bond acceptors (Lipinski definition) is 4. The van der Waals surface area contributed by atoms with Gasteiger partial charge in [-0.3, -0.25) is 4.79 Å². The quantitative estimate of drug-likeness (QED) is 0.842. The fourth-order valence-electron chi connectivity index (χ4n) is 3.73. The maximum absolute atomic E-state index is 13.1. The van der Waals surface area contributed by atoms with Gasteiger partial charge in [0.25, 0.3) is 5.91 Å². The van der Waals surface area contributed by atoms with Crippen molar-refractivity contribution in [2.45, 2.75) is 44.9 Å². The van der Waals surface area contributed by atoms with Crippen molar-refractivity contribution in [1.82, 2.24) is 14.5 Å². The summed E-state index contributed by atoms with van der Waals surface area (Å²) in [7, 11) is 0. The summed E-state index contributed by atoms with van der Waals surface area (Å²) in [5.41, 5.74) is 0. The van der Waals surface area contributed by atoms with Gasteiger partial charge < -0.3 is 18.9 Å². The minimum Gasteiger partial charge on any atom is -0.482 e. The first kappa shape index (κ1) is 16.0. The number of para-hydroxylation sites is 2. The number of nitrogens with zero attached hydrogens (tertiary/aromatic N) is 3. The Labute approximate surface area is 147 Å². The van der Waals surface area contributed by atoms with Crippen LogP contribution in [-0.2, 0) is 4.79 Å². The van der Waals surface area contributed by atoms with Gasteiger partial charge in [0.1, 0.15) is 11.9 Å². The van der Waals surface area contributed by atoms with Crippen LogP contribution in [0.3, 0.4) is 0 Å². The fraction of sp³-hybridized carbons (Fsp3) is 0.474. The number of carbonyl (C=O) groups is 1. The Hall–Kier alpha value is -2.50. The van der Waals surface area contributed by atoms with Gasteiger partial charge in [0.15, 0.2) is 11.5 Å². The number of fused-ring (bicyclic) bond motifs is 1. The molecule has 0 saturated carbocycles. The van der Waals surface area contributed by atoms with E-state index in [1.54, 1.807) is 0 Å². The number of ether oxygens (including phenoxy) is 2. The topological polar surface area (TPSA) is 56.6 Å². The molecule has 2 aliphatic heterocycles. The smallest absolute Gasteiger partial charge is 0.267 e. The second kappa shape index (κ2) is 6.43.